The zero-order chi connectivity index (χ0) is 14.0. The van der Waals surface area contributed by atoms with Crippen molar-refractivity contribution in [2.75, 3.05) is 11.9 Å². The maximum Gasteiger partial charge on any atom is 0.220 e. The summed E-state index contributed by atoms with van der Waals surface area (Å²) in [5.74, 6) is 1.71. The van der Waals surface area contributed by atoms with Crippen molar-refractivity contribution in [1.29, 1.82) is 0 Å². The second kappa shape index (κ2) is 5.45. The van der Waals surface area contributed by atoms with Gasteiger partial charge in [-0.3, -0.25) is 4.79 Å². The van der Waals surface area contributed by atoms with Crippen LogP contribution in [0.15, 0.2) is 10.7 Å². The van der Waals surface area contributed by atoms with Gasteiger partial charge in [-0.15, -0.1) is 0 Å². The Kier molecular flexibility index (Phi) is 4.08. The molecule has 1 aliphatic rings. The number of nitrogens with one attached hydrogen (secondary N) is 2. The lowest BCUT2D eigenvalue weighted by Crippen LogP contribution is -2.32. The molecule has 104 valence electrons. The maximum absolute atomic E-state index is 11.1. The summed E-state index contributed by atoms with van der Waals surface area (Å²) in [7, 11) is 0. The summed E-state index contributed by atoms with van der Waals surface area (Å²) in [5, 5.41) is 6.19. The summed E-state index contributed by atoms with van der Waals surface area (Å²) in [5.41, 5.74) is -0.0955. The molecule has 2 rings (SSSR count). The van der Waals surface area contributed by atoms with Gasteiger partial charge in [0.2, 0.25) is 5.91 Å². The topological polar surface area (TPSA) is 66.9 Å². The molecule has 1 unspecified atom stereocenters. The third-order valence-electron chi connectivity index (χ3n) is 2.98. The molecule has 1 amide bonds. The standard InChI is InChI=1S/C13H19BrN4O/c1-13(2,3)12-17-9(14)6-10(18-12)15-7-8-4-5-11(19)16-8/h6,8H,4-5,7H2,1-3H3,(H,16,19)(H,15,17,18). The van der Waals surface area contributed by atoms with Gasteiger partial charge in [-0.2, -0.15) is 0 Å². The summed E-state index contributed by atoms with van der Waals surface area (Å²) in [6.45, 7) is 6.93. The summed E-state index contributed by atoms with van der Waals surface area (Å²) in [6.07, 6.45) is 1.50. The van der Waals surface area contributed by atoms with Gasteiger partial charge in [0.25, 0.3) is 0 Å². The van der Waals surface area contributed by atoms with Crippen molar-refractivity contribution in [3.63, 3.8) is 0 Å². The highest BCUT2D eigenvalue weighted by atomic mass is 79.9. The van der Waals surface area contributed by atoms with E-state index in [0.29, 0.717) is 13.0 Å². The Balaban J connectivity index is 2.04. The summed E-state index contributed by atoms with van der Waals surface area (Å²) < 4.78 is 0.769. The predicted molar refractivity (Wildman–Crippen MR) is 78.1 cm³/mol. The molecule has 5 nitrogen and oxygen atoms in total. The zero-order valence-corrected chi connectivity index (χ0v) is 13.0. The first kappa shape index (κ1) is 14.2. The molecule has 1 fully saturated rings. The van der Waals surface area contributed by atoms with Crippen LogP contribution in [0.25, 0.3) is 0 Å². The van der Waals surface area contributed by atoms with E-state index < -0.39 is 0 Å². The minimum Gasteiger partial charge on any atom is -0.368 e. The van der Waals surface area contributed by atoms with Crippen LogP contribution in [0.2, 0.25) is 0 Å². The van der Waals surface area contributed by atoms with Crippen molar-refractivity contribution in [3.8, 4) is 0 Å². The molecule has 0 aromatic carbocycles. The van der Waals surface area contributed by atoms with Crippen LogP contribution in [0.3, 0.4) is 0 Å². The monoisotopic (exact) mass is 326 g/mol. The smallest absolute Gasteiger partial charge is 0.220 e. The third-order valence-corrected chi connectivity index (χ3v) is 3.39. The number of carbonyl (C=O) groups excluding carboxylic acids is 1. The molecule has 1 aromatic heterocycles. The molecule has 0 bridgehead atoms. The Labute approximate surface area is 121 Å². The second-order valence-electron chi connectivity index (χ2n) is 5.83. The summed E-state index contributed by atoms with van der Waals surface area (Å²) >= 11 is 3.41. The third kappa shape index (κ3) is 3.89. The first-order valence-electron chi connectivity index (χ1n) is 6.43. The first-order chi connectivity index (χ1) is 8.84. The van der Waals surface area contributed by atoms with Gasteiger partial charge in [0.15, 0.2) is 0 Å². The van der Waals surface area contributed by atoms with E-state index in [1.165, 1.54) is 0 Å². The van der Waals surface area contributed by atoms with Crippen LogP contribution in [-0.4, -0.2) is 28.5 Å². The Morgan fingerprint density at radius 2 is 2.21 bits per heavy atom. The molecule has 2 N–H and O–H groups in total. The maximum atomic E-state index is 11.1. The van der Waals surface area contributed by atoms with E-state index in [2.05, 4.69) is 57.3 Å². The number of amides is 1. The van der Waals surface area contributed by atoms with Gasteiger partial charge < -0.3 is 10.6 Å². The van der Waals surface area contributed by atoms with Gasteiger partial charge in [-0.05, 0) is 22.4 Å². The largest absolute Gasteiger partial charge is 0.368 e. The molecule has 0 spiro atoms. The van der Waals surface area contributed by atoms with E-state index >= 15 is 0 Å². The van der Waals surface area contributed by atoms with Gasteiger partial charge >= 0.3 is 0 Å². The van der Waals surface area contributed by atoms with Crippen LogP contribution in [0.5, 0.6) is 0 Å². The number of carbonyl (C=O) groups is 1. The van der Waals surface area contributed by atoms with Gasteiger partial charge in [0, 0.05) is 30.5 Å². The number of rotatable bonds is 3. The normalized spacial score (nSPS) is 19.4. The Morgan fingerprint density at radius 3 is 2.79 bits per heavy atom. The highest BCUT2D eigenvalue weighted by molar-refractivity contribution is 9.10. The molecule has 2 heterocycles. The minimum atomic E-state index is -0.0955. The average molecular weight is 327 g/mol. The van der Waals surface area contributed by atoms with Gasteiger partial charge in [0.1, 0.15) is 16.2 Å². The van der Waals surface area contributed by atoms with E-state index in [1.807, 2.05) is 6.07 Å². The molecule has 6 heteroatoms. The molecule has 0 saturated carbocycles. The lowest BCUT2D eigenvalue weighted by Gasteiger charge is -2.18. The number of aromatic nitrogens is 2. The molecular formula is C13H19BrN4O. The lowest BCUT2D eigenvalue weighted by molar-refractivity contribution is -0.119. The quantitative estimate of drug-likeness (QED) is 0.836. The Morgan fingerprint density at radius 1 is 1.47 bits per heavy atom. The molecule has 1 atom stereocenters. The van der Waals surface area contributed by atoms with Crippen molar-refractivity contribution >= 4 is 27.7 Å². The first-order valence-corrected chi connectivity index (χ1v) is 7.22. The average Bonchev–Trinajstić information content (AvgIpc) is 2.71. The molecule has 1 saturated heterocycles. The molecule has 1 aliphatic heterocycles. The molecule has 0 aliphatic carbocycles. The highest BCUT2D eigenvalue weighted by Gasteiger charge is 2.21. The van der Waals surface area contributed by atoms with Crippen LogP contribution in [0.4, 0.5) is 5.82 Å². The van der Waals surface area contributed by atoms with E-state index in [0.717, 1.165) is 22.7 Å². The van der Waals surface area contributed by atoms with Crippen LogP contribution >= 0.6 is 15.9 Å². The molecule has 1 aromatic rings. The fourth-order valence-corrected chi connectivity index (χ4v) is 2.29. The van der Waals surface area contributed by atoms with Crippen molar-refractivity contribution in [1.82, 2.24) is 15.3 Å². The number of hydrogen-bond acceptors (Lipinski definition) is 4. The van der Waals surface area contributed by atoms with E-state index in [9.17, 15) is 4.79 Å². The van der Waals surface area contributed by atoms with Crippen molar-refractivity contribution in [2.24, 2.45) is 0 Å². The van der Waals surface area contributed by atoms with Gasteiger partial charge in [0.05, 0.1) is 0 Å². The number of hydrogen-bond donors (Lipinski definition) is 2. The SMILES string of the molecule is CC(C)(C)c1nc(Br)cc(NCC2CCC(=O)N2)n1. The van der Waals surface area contributed by atoms with Crippen molar-refractivity contribution in [2.45, 2.75) is 45.1 Å². The fourth-order valence-electron chi connectivity index (χ4n) is 1.90. The highest BCUT2D eigenvalue weighted by Crippen LogP contribution is 2.22. The number of anilines is 1. The Hall–Kier alpha value is -1.17. The summed E-state index contributed by atoms with van der Waals surface area (Å²) in [4.78, 5) is 20.0. The number of nitrogens with zero attached hydrogens (tertiary/aromatic N) is 2. The van der Waals surface area contributed by atoms with Crippen LogP contribution in [0.1, 0.15) is 39.4 Å². The molecule has 0 radical (unpaired) electrons. The zero-order valence-electron chi connectivity index (χ0n) is 11.5. The van der Waals surface area contributed by atoms with E-state index in [1.54, 1.807) is 0 Å². The summed E-state index contributed by atoms with van der Waals surface area (Å²) in [6, 6.07) is 2.05. The van der Waals surface area contributed by atoms with Gasteiger partial charge in [-0.25, -0.2) is 9.97 Å². The fraction of sp³-hybridized carbons (Fsp3) is 0.615. The second-order valence-corrected chi connectivity index (χ2v) is 6.65. The molecule has 19 heavy (non-hydrogen) atoms. The minimum absolute atomic E-state index is 0.0955. The van der Waals surface area contributed by atoms with Crippen molar-refractivity contribution in [3.05, 3.63) is 16.5 Å². The van der Waals surface area contributed by atoms with Crippen LogP contribution in [0, 0.1) is 0 Å². The van der Waals surface area contributed by atoms with E-state index in [-0.39, 0.29) is 17.4 Å². The van der Waals surface area contributed by atoms with E-state index in [4.69, 9.17) is 0 Å². The lowest BCUT2D eigenvalue weighted by atomic mass is 9.96. The molecular weight excluding hydrogens is 308 g/mol. The van der Waals surface area contributed by atoms with Crippen LogP contribution < -0.4 is 10.6 Å². The van der Waals surface area contributed by atoms with Gasteiger partial charge in [-0.1, -0.05) is 20.8 Å². The number of halogens is 1. The Bertz CT molecular complexity index is 484. The predicted octanol–water partition coefficient (Wildman–Crippen LogP) is 2.23. The van der Waals surface area contributed by atoms with Crippen LogP contribution in [-0.2, 0) is 10.2 Å². The van der Waals surface area contributed by atoms with Crippen molar-refractivity contribution < 1.29 is 4.79 Å².